The van der Waals surface area contributed by atoms with E-state index < -0.39 is 17.2 Å². The van der Waals surface area contributed by atoms with E-state index in [1.807, 2.05) is 13.0 Å². The van der Waals surface area contributed by atoms with Gasteiger partial charge in [0.15, 0.2) is 11.4 Å². The van der Waals surface area contributed by atoms with Crippen LogP contribution in [-0.4, -0.2) is 31.0 Å². The van der Waals surface area contributed by atoms with Gasteiger partial charge in [-0.3, -0.25) is 14.9 Å². The first-order valence-electron chi connectivity index (χ1n) is 8.37. The summed E-state index contributed by atoms with van der Waals surface area (Å²) < 4.78 is 1.08. The lowest BCUT2D eigenvalue weighted by molar-refractivity contribution is 0.101. The number of aromatic hydroxyl groups is 1. The van der Waals surface area contributed by atoms with E-state index in [-0.39, 0.29) is 5.69 Å². The molecule has 0 saturated heterocycles. The second kappa shape index (κ2) is 7.67. The number of hydrogen-bond donors (Lipinski definition) is 2. The maximum Gasteiger partial charge on any atom is 0.281 e. The number of amides is 1. The third-order valence-corrected chi connectivity index (χ3v) is 4.50. The predicted molar refractivity (Wildman–Crippen MR) is 103 cm³/mol. The highest BCUT2D eigenvalue weighted by atomic mass is 32.1. The van der Waals surface area contributed by atoms with Crippen LogP contribution in [0.4, 0.5) is 5.13 Å². The summed E-state index contributed by atoms with van der Waals surface area (Å²) in [5.74, 6) is -0.737. The van der Waals surface area contributed by atoms with Gasteiger partial charge < -0.3 is 5.11 Å². The first kappa shape index (κ1) is 18.7. The largest absolute Gasteiger partial charge is 0.505 e. The molecular weight excluding hydrogens is 366 g/mol. The van der Waals surface area contributed by atoms with Gasteiger partial charge in [-0.2, -0.15) is 9.78 Å². The minimum absolute atomic E-state index is 0.267. The summed E-state index contributed by atoms with van der Waals surface area (Å²) >= 11 is 1.26. The highest BCUT2D eigenvalue weighted by molar-refractivity contribution is 7.15. The van der Waals surface area contributed by atoms with Gasteiger partial charge in [0.1, 0.15) is 5.01 Å². The zero-order valence-corrected chi connectivity index (χ0v) is 15.9. The molecule has 8 nitrogen and oxygen atoms in total. The lowest BCUT2D eigenvalue weighted by Crippen LogP contribution is -2.25. The Morgan fingerprint density at radius 2 is 2.07 bits per heavy atom. The standard InChI is InChI=1S/C18H19N5O3S/c1-10(2)7-14-20-21-18(27-14)19-17(26)16-13(24)9-15(25)23(22-16)12-6-4-5-11(3)8-12/h4-6,8-10,24H,7H2,1-3H3,(H,19,21,26). The number of carbonyl (C=O) groups is 1. The molecule has 0 fully saturated rings. The van der Waals surface area contributed by atoms with Crippen molar-refractivity contribution in [3.05, 3.63) is 57.0 Å². The van der Waals surface area contributed by atoms with Crippen molar-refractivity contribution in [2.24, 2.45) is 5.92 Å². The van der Waals surface area contributed by atoms with E-state index in [0.717, 1.165) is 27.7 Å². The quantitative estimate of drug-likeness (QED) is 0.698. The summed E-state index contributed by atoms with van der Waals surface area (Å²) in [6, 6.07) is 8.09. The molecule has 27 heavy (non-hydrogen) atoms. The molecule has 2 heterocycles. The van der Waals surface area contributed by atoms with Crippen LogP contribution >= 0.6 is 11.3 Å². The second-order valence-electron chi connectivity index (χ2n) is 6.52. The Bertz CT molecular complexity index is 1040. The summed E-state index contributed by atoms with van der Waals surface area (Å²) in [6.07, 6.45) is 0.759. The van der Waals surface area contributed by atoms with Gasteiger partial charge in [-0.15, -0.1) is 10.2 Å². The SMILES string of the molecule is Cc1cccc(-n2nc(C(=O)Nc3nnc(CC(C)C)s3)c(O)cc2=O)c1. The van der Waals surface area contributed by atoms with Crippen LogP contribution in [0.5, 0.6) is 5.75 Å². The van der Waals surface area contributed by atoms with Crippen molar-refractivity contribution in [3.8, 4) is 11.4 Å². The van der Waals surface area contributed by atoms with Gasteiger partial charge in [0.2, 0.25) is 5.13 Å². The molecule has 9 heteroatoms. The van der Waals surface area contributed by atoms with E-state index in [0.29, 0.717) is 16.7 Å². The number of nitrogens with zero attached hydrogens (tertiary/aromatic N) is 4. The predicted octanol–water partition coefficient (Wildman–Crippen LogP) is 2.55. The molecule has 0 saturated carbocycles. The number of anilines is 1. The minimum atomic E-state index is -0.666. The van der Waals surface area contributed by atoms with Gasteiger partial charge >= 0.3 is 0 Å². The number of rotatable bonds is 5. The Labute approximate surface area is 159 Å². The summed E-state index contributed by atoms with van der Waals surface area (Å²) in [5.41, 5.74) is 0.637. The van der Waals surface area contributed by atoms with Gasteiger partial charge in [0.25, 0.3) is 11.5 Å². The molecule has 0 atom stereocenters. The Kier molecular flexibility index (Phi) is 5.31. The molecule has 2 N–H and O–H groups in total. The number of aryl methyl sites for hydroxylation is 1. The molecule has 1 aromatic carbocycles. The topological polar surface area (TPSA) is 110 Å². The first-order valence-corrected chi connectivity index (χ1v) is 9.19. The van der Waals surface area contributed by atoms with Crippen LogP contribution in [0.1, 0.15) is 34.9 Å². The van der Waals surface area contributed by atoms with Gasteiger partial charge in [-0.05, 0) is 30.5 Å². The Morgan fingerprint density at radius 1 is 1.30 bits per heavy atom. The van der Waals surface area contributed by atoms with Crippen LogP contribution in [0.15, 0.2) is 35.1 Å². The van der Waals surface area contributed by atoms with Crippen molar-refractivity contribution in [3.63, 3.8) is 0 Å². The third-order valence-electron chi connectivity index (χ3n) is 3.64. The van der Waals surface area contributed by atoms with Crippen molar-refractivity contribution in [2.75, 3.05) is 5.32 Å². The van der Waals surface area contributed by atoms with E-state index >= 15 is 0 Å². The average molecular weight is 385 g/mol. The van der Waals surface area contributed by atoms with Gasteiger partial charge in [-0.25, -0.2) is 0 Å². The highest BCUT2D eigenvalue weighted by Crippen LogP contribution is 2.20. The fourth-order valence-electron chi connectivity index (χ4n) is 2.45. The second-order valence-corrected chi connectivity index (χ2v) is 7.58. The molecule has 0 aliphatic carbocycles. The van der Waals surface area contributed by atoms with Crippen molar-refractivity contribution in [1.82, 2.24) is 20.0 Å². The molecule has 3 aromatic rings. The van der Waals surface area contributed by atoms with E-state index in [4.69, 9.17) is 0 Å². The summed E-state index contributed by atoms with van der Waals surface area (Å²) in [5, 5.41) is 25.7. The molecule has 1 amide bonds. The number of hydrogen-bond acceptors (Lipinski definition) is 7. The van der Waals surface area contributed by atoms with E-state index in [2.05, 4.69) is 34.5 Å². The zero-order chi connectivity index (χ0) is 19.6. The zero-order valence-electron chi connectivity index (χ0n) is 15.1. The fourth-order valence-corrected chi connectivity index (χ4v) is 3.39. The molecule has 0 spiro atoms. The number of aromatic nitrogens is 4. The highest BCUT2D eigenvalue weighted by Gasteiger charge is 2.19. The molecule has 0 aliphatic heterocycles. The van der Waals surface area contributed by atoms with Crippen molar-refractivity contribution in [2.45, 2.75) is 27.2 Å². The molecular formula is C18H19N5O3S. The smallest absolute Gasteiger partial charge is 0.281 e. The van der Waals surface area contributed by atoms with Crippen LogP contribution in [0.2, 0.25) is 0 Å². The maximum atomic E-state index is 12.5. The third kappa shape index (κ3) is 4.37. The lowest BCUT2D eigenvalue weighted by atomic mass is 10.1. The molecule has 0 aliphatic rings. The van der Waals surface area contributed by atoms with Crippen LogP contribution in [0.3, 0.4) is 0 Å². The fraction of sp³-hybridized carbons (Fsp3) is 0.278. The van der Waals surface area contributed by atoms with E-state index in [1.165, 1.54) is 11.3 Å². The molecule has 0 radical (unpaired) electrons. The number of benzene rings is 1. The van der Waals surface area contributed by atoms with Crippen molar-refractivity contribution >= 4 is 22.4 Å². The van der Waals surface area contributed by atoms with Gasteiger partial charge in [-0.1, -0.05) is 37.3 Å². The van der Waals surface area contributed by atoms with Crippen LogP contribution < -0.4 is 10.9 Å². The number of carbonyl (C=O) groups excluding carboxylic acids is 1. The molecule has 2 aromatic heterocycles. The summed E-state index contributed by atoms with van der Waals surface area (Å²) in [4.78, 5) is 24.7. The van der Waals surface area contributed by atoms with Crippen molar-refractivity contribution < 1.29 is 9.90 Å². The minimum Gasteiger partial charge on any atom is -0.505 e. The Balaban J connectivity index is 1.89. The Morgan fingerprint density at radius 3 is 2.78 bits per heavy atom. The normalized spacial score (nSPS) is 11.0. The molecule has 140 valence electrons. The van der Waals surface area contributed by atoms with Crippen LogP contribution in [0, 0.1) is 12.8 Å². The molecule has 0 unspecified atom stereocenters. The Hall–Kier alpha value is -3.07. The average Bonchev–Trinajstić information content (AvgIpc) is 3.00. The van der Waals surface area contributed by atoms with Crippen LogP contribution in [-0.2, 0) is 6.42 Å². The summed E-state index contributed by atoms with van der Waals surface area (Å²) in [7, 11) is 0. The summed E-state index contributed by atoms with van der Waals surface area (Å²) in [6.45, 7) is 6.01. The van der Waals surface area contributed by atoms with Crippen LogP contribution in [0.25, 0.3) is 5.69 Å². The van der Waals surface area contributed by atoms with E-state index in [1.54, 1.807) is 18.2 Å². The van der Waals surface area contributed by atoms with Crippen molar-refractivity contribution in [1.29, 1.82) is 0 Å². The van der Waals surface area contributed by atoms with Gasteiger partial charge in [0, 0.05) is 12.5 Å². The molecule has 0 bridgehead atoms. The maximum absolute atomic E-state index is 12.5. The monoisotopic (exact) mass is 385 g/mol. The molecule has 3 rings (SSSR count). The van der Waals surface area contributed by atoms with E-state index in [9.17, 15) is 14.7 Å². The lowest BCUT2D eigenvalue weighted by Gasteiger charge is -2.09. The first-order chi connectivity index (χ1) is 12.8. The van der Waals surface area contributed by atoms with Gasteiger partial charge in [0.05, 0.1) is 5.69 Å². The number of nitrogens with one attached hydrogen (secondary N) is 1.